The number of aliphatic hydroxyl groups is 1. The van der Waals surface area contributed by atoms with Gasteiger partial charge in [0.1, 0.15) is 11.3 Å². The lowest BCUT2D eigenvalue weighted by molar-refractivity contribution is -0.192. The lowest BCUT2D eigenvalue weighted by atomic mass is 10.0. The number of halogens is 3. The number of rotatable bonds is 10. The quantitative estimate of drug-likeness (QED) is 0.392. The van der Waals surface area contributed by atoms with Crippen molar-refractivity contribution in [3.05, 3.63) is 60.2 Å². The molecule has 2 rings (SSSR count). The van der Waals surface area contributed by atoms with Crippen molar-refractivity contribution in [2.24, 2.45) is 5.73 Å². The SMILES string of the molecule is C[C@](N)(CO)C(=O)Nc1ccc(OCCCCCc2ccccc2)cc1.O=C(O)C(F)(F)F. The van der Waals surface area contributed by atoms with Crippen LogP contribution in [0.1, 0.15) is 31.7 Å². The predicted octanol–water partition coefficient (Wildman–Crippen LogP) is 3.76. The van der Waals surface area contributed by atoms with Gasteiger partial charge in [-0.2, -0.15) is 13.2 Å². The van der Waals surface area contributed by atoms with Crippen LogP contribution in [0, 0.1) is 0 Å². The number of ether oxygens (including phenoxy) is 1. The maximum Gasteiger partial charge on any atom is 0.490 e. The van der Waals surface area contributed by atoms with Crippen LogP contribution in [-0.2, 0) is 16.0 Å². The maximum absolute atomic E-state index is 11.9. The fraction of sp³-hybridized carbons (Fsp3) is 0.391. The second kappa shape index (κ2) is 13.4. The molecule has 2 aromatic carbocycles. The lowest BCUT2D eigenvalue weighted by Crippen LogP contribution is -2.51. The van der Waals surface area contributed by atoms with E-state index in [1.54, 1.807) is 12.1 Å². The number of benzene rings is 2. The molecular formula is C23H29F3N2O5. The number of carbonyl (C=O) groups is 2. The highest BCUT2D eigenvalue weighted by molar-refractivity contribution is 5.97. The van der Waals surface area contributed by atoms with Crippen molar-refractivity contribution >= 4 is 17.6 Å². The van der Waals surface area contributed by atoms with Gasteiger partial charge in [-0.05, 0) is 62.4 Å². The smallest absolute Gasteiger partial charge is 0.490 e. The first-order valence-electron chi connectivity index (χ1n) is 10.2. The number of hydrogen-bond acceptors (Lipinski definition) is 5. The topological polar surface area (TPSA) is 122 Å². The maximum atomic E-state index is 11.9. The summed E-state index contributed by atoms with van der Waals surface area (Å²) < 4.78 is 37.5. The van der Waals surface area contributed by atoms with Crippen LogP contribution in [0.15, 0.2) is 54.6 Å². The molecule has 7 nitrogen and oxygen atoms in total. The van der Waals surface area contributed by atoms with Crippen LogP contribution in [0.3, 0.4) is 0 Å². The Morgan fingerprint density at radius 1 is 1.00 bits per heavy atom. The molecule has 0 aliphatic heterocycles. The molecule has 0 radical (unpaired) electrons. The van der Waals surface area contributed by atoms with Crippen LogP contribution in [0.2, 0.25) is 0 Å². The highest BCUT2D eigenvalue weighted by Gasteiger charge is 2.38. The molecule has 1 atom stereocenters. The molecule has 0 saturated carbocycles. The minimum Gasteiger partial charge on any atom is -0.494 e. The van der Waals surface area contributed by atoms with Gasteiger partial charge in [-0.1, -0.05) is 30.3 Å². The molecular weight excluding hydrogens is 441 g/mol. The molecule has 10 heteroatoms. The van der Waals surface area contributed by atoms with Crippen molar-refractivity contribution in [2.45, 2.75) is 44.3 Å². The molecule has 5 N–H and O–H groups in total. The average molecular weight is 470 g/mol. The summed E-state index contributed by atoms with van der Waals surface area (Å²) >= 11 is 0. The van der Waals surface area contributed by atoms with Gasteiger partial charge >= 0.3 is 12.1 Å². The van der Waals surface area contributed by atoms with Crippen molar-refractivity contribution in [3.8, 4) is 5.75 Å². The molecule has 33 heavy (non-hydrogen) atoms. The number of aliphatic hydroxyl groups excluding tert-OH is 1. The zero-order chi connectivity index (χ0) is 24.9. The van der Waals surface area contributed by atoms with Crippen molar-refractivity contribution < 1.29 is 37.7 Å². The fourth-order valence-electron chi connectivity index (χ4n) is 2.42. The molecule has 0 aromatic heterocycles. The van der Waals surface area contributed by atoms with Crippen molar-refractivity contribution in [2.75, 3.05) is 18.5 Å². The van der Waals surface area contributed by atoms with Crippen LogP contribution in [0.4, 0.5) is 18.9 Å². The Kier molecular flexibility index (Phi) is 11.4. The monoisotopic (exact) mass is 470 g/mol. The first-order chi connectivity index (χ1) is 15.5. The number of amides is 1. The largest absolute Gasteiger partial charge is 0.494 e. The third-order valence-corrected chi connectivity index (χ3v) is 4.42. The van der Waals surface area contributed by atoms with Crippen LogP contribution in [0.5, 0.6) is 5.75 Å². The Morgan fingerprint density at radius 2 is 1.58 bits per heavy atom. The number of carboxylic acids is 1. The number of nitrogens with one attached hydrogen (secondary N) is 1. The van der Waals surface area contributed by atoms with Crippen LogP contribution in [0.25, 0.3) is 0 Å². The van der Waals surface area contributed by atoms with Crippen molar-refractivity contribution in [1.82, 2.24) is 0 Å². The molecule has 0 spiro atoms. The molecule has 2 aromatic rings. The summed E-state index contributed by atoms with van der Waals surface area (Å²) in [6.07, 6.45) is -0.698. The Bertz CT molecular complexity index is 857. The normalized spacial score (nSPS) is 12.7. The number of hydrogen-bond donors (Lipinski definition) is 4. The van der Waals surface area contributed by atoms with Crippen LogP contribution < -0.4 is 15.8 Å². The number of unbranched alkanes of at least 4 members (excludes halogenated alkanes) is 2. The van der Waals surface area contributed by atoms with Gasteiger partial charge in [0.2, 0.25) is 5.91 Å². The van der Waals surface area contributed by atoms with Gasteiger partial charge in [-0.25, -0.2) is 4.79 Å². The van der Waals surface area contributed by atoms with Gasteiger partial charge in [0, 0.05) is 5.69 Å². The second-order valence-corrected chi connectivity index (χ2v) is 7.50. The summed E-state index contributed by atoms with van der Waals surface area (Å²) in [7, 11) is 0. The van der Waals surface area contributed by atoms with Gasteiger partial charge in [0.05, 0.1) is 13.2 Å². The molecule has 0 fully saturated rings. The zero-order valence-electron chi connectivity index (χ0n) is 18.3. The summed E-state index contributed by atoms with van der Waals surface area (Å²) in [6, 6.07) is 17.6. The summed E-state index contributed by atoms with van der Waals surface area (Å²) in [5, 5.41) is 18.9. The number of carbonyl (C=O) groups excluding carboxylic acids is 1. The van der Waals surface area contributed by atoms with Crippen molar-refractivity contribution in [3.63, 3.8) is 0 Å². The van der Waals surface area contributed by atoms with Crippen molar-refractivity contribution in [1.29, 1.82) is 0 Å². The van der Waals surface area contributed by atoms with E-state index in [4.69, 9.17) is 25.5 Å². The Balaban J connectivity index is 0.000000675. The number of carboxylic acid groups (broad SMARTS) is 1. The minimum atomic E-state index is -5.08. The molecule has 0 aliphatic rings. The number of anilines is 1. The van der Waals surface area contributed by atoms with Gasteiger partial charge in [0.25, 0.3) is 0 Å². The molecule has 1 amide bonds. The van der Waals surface area contributed by atoms with Crippen LogP contribution in [-0.4, -0.2) is 47.0 Å². The molecule has 182 valence electrons. The number of nitrogens with two attached hydrogens (primary N) is 1. The van der Waals surface area contributed by atoms with Gasteiger partial charge in [0.15, 0.2) is 0 Å². The number of aliphatic carboxylic acids is 1. The van der Waals surface area contributed by atoms with Gasteiger partial charge in [-0.15, -0.1) is 0 Å². The van der Waals surface area contributed by atoms with E-state index in [1.807, 2.05) is 18.2 Å². The first kappa shape index (κ1) is 27.9. The van der Waals surface area contributed by atoms with Crippen LogP contribution >= 0.6 is 0 Å². The van der Waals surface area contributed by atoms with E-state index in [9.17, 15) is 18.0 Å². The Morgan fingerprint density at radius 3 is 2.09 bits per heavy atom. The number of aryl methyl sites for hydroxylation is 1. The van der Waals surface area contributed by atoms with E-state index in [0.717, 1.165) is 31.4 Å². The number of alkyl halides is 3. The molecule has 0 bridgehead atoms. The molecule has 0 saturated heterocycles. The summed E-state index contributed by atoms with van der Waals surface area (Å²) in [6.45, 7) is 1.74. The Labute approximate surface area is 190 Å². The van der Waals surface area contributed by atoms with Gasteiger partial charge in [-0.3, -0.25) is 4.79 Å². The summed E-state index contributed by atoms with van der Waals surface area (Å²) in [4.78, 5) is 20.8. The second-order valence-electron chi connectivity index (χ2n) is 7.50. The minimum absolute atomic E-state index is 0.412. The fourth-order valence-corrected chi connectivity index (χ4v) is 2.42. The molecule has 0 aliphatic carbocycles. The van der Waals surface area contributed by atoms with E-state index in [0.29, 0.717) is 12.3 Å². The van der Waals surface area contributed by atoms with E-state index < -0.39 is 30.2 Å². The third-order valence-electron chi connectivity index (χ3n) is 4.42. The van der Waals surface area contributed by atoms with E-state index in [1.165, 1.54) is 12.5 Å². The highest BCUT2D eigenvalue weighted by atomic mass is 19.4. The summed E-state index contributed by atoms with van der Waals surface area (Å²) in [5.74, 6) is -2.41. The average Bonchev–Trinajstić information content (AvgIpc) is 2.77. The molecule has 0 heterocycles. The van der Waals surface area contributed by atoms with Gasteiger partial charge < -0.3 is 26.0 Å². The zero-order valence-corrected chi connectivity index (χ0v) is 18.3. The molecule has 0 unspecified atom stereocenters. The standard InChI is InChI=1S/C21H28N2O3.C2HF3O2/c1-21(22,16-24)20(25)23-18-11-13-19(14-12-18)26-15-7-3-6-10-17-8-4-2-5-9-17;3-2(4,5)1(6)7/h2,4-5,8-9,11-14,24H,3,6-7,10,15-16,22H2,1H3,(H,23,25);(H,6,7)/t21-;/m0./s1. The Hall–Kier alpha value is -3.11. The summed E-state index contributed by atoms with van der Waals surface area (Å²) in [5.41, 5.74) is 6.39. The third kappa shape index (κ3) is 11.4. The highest BCUT2D eigenvalue weighted by Crippen LogP contribution is 2.17. The van der Waals surface area contributed by atoms with E-state index in [-0.39, 0.29) is 0 Å². The predicted molar refractivity (Wildman–Crippen MR) is 118 cm³/mol. The lowest BCUT2D eigenvalue weighted by Gasteiger charge is -2.20. The van der Waals surface area contributed by atoms with E-state index >= 15 is 0 Å². The first-order valence-corrected chi connectivity index (χ1v) is 10.2. The van der Waals surface area contributed by atoms with E-state index in [2.05, 4.69) is 29.6 Å².